The van der Waals surface area contributed by atoms with Crippen molar-refractivity contribution in [2.75, 3.05) is 13.1 Å². The first kappa shape index (κ1) is 17.4. The number of amides is 1. The summed E-state index contributed by atoms with van der Waals surface area (Å²) in [6.07, 6.45) is 5.97. The highest BCUT2D eigenvalue weighted by Gasteiger charge is 2.33. The molecule has 1 aromatic rings. The average molecular weight is 350 g/mol. The van der Waals surface area contributed by atoms with E-state index in [-0.39, 0.29) is 23.6 Å². The second kappa shape index (κ2) is 7.66. The standard InChI is InChI=1S/C18H26N2O3S/c21-18(19-17-10-4-5-11-17)16-9-6-12-20(13-16)24(22,23)14-15-7-2-1-3-8-15/h1-3,7-8,16-17H,4-6,9-14H2,(H,19,21)/t16-/m1/s1. The van der Waals surface area contributed by atoms with Crippen molar-refractivity contribution in [1.29, 1.82) is 0 Å². The van der Waals surface area contributed by atoms with E-state index >= 15 is 0 Å². The Hall–Kier alpha value is -1.40. The monoisotopic (exact) mass is 350 g/mol. The summed E-state index contributed by atoms with van der Waals surface area (Å²) < 4.78 is 26.8. The van der Waals surface area contributed by atoms with E-state index < -0.39 is 10.0 Å². The van der Waals surface area contributed by atoms with Gasteiger partial charge in [-0.15, -0.1) is 0 Å². The number of nitrogens with one attached hydrogen (secondary N) is 1. The van der Waals surface area contributed by atoms with Crippen molar-refractivity contribution in [2.24, 2.45) is 5.92 Å². The second-order valence-electron chi connectivity index (χ2n) is 6.93. The molecular weight excluding hydrogens is 324 g/mol. The van der Waals surface area contributed by atoms with Crippen LogP contribution in [0, 0.1) is 5.92 Å². The number of carbonyl (C=O) groups is 1. The van der Waals surface area contributed by atoms with Crippen LogP contribution in [0.15, 0.2) is 30.3 Å². The van der Waals surface area contributed by atoms with Crippen LogP contribution in [-0.2, 0) is 20.6 Å². The van der Waals surface area contributed by atoms with Gasteiger partial charge in [0.05, 0.1) is 11.7 Å². The van der Waals surface area contributed by atoms with Crippen molar-refractivity contribution in [1.82, 2.24) is 9.62 Å². The van der Waals surface area contributed by atoms with Crippen LogP contribution >= 0.6 is 0 Å². The SMILES string of the molecule is O=C(NC1CCCC1)[C@@H]1CCCN(S(=O)(=O)Cc2ccccc2)C1. The summed E-state index contributed by atoms with van der Waals surface area (Å²) in [7, 11) is -3.38. The Kier molecular flexibility index (Phi) is 5.56. The molecule has 2 aliphatic rings. The molecule has 0 aromatic heterocycles. The van der Waals surface area contributed by atoms with E-state index in [4.69, 9.17) is 0 Å². The Morgan fingerprint density at radius 1 is 1.08 bits per heavy atom. The summed E-state index contributed by atoms with van der Waals surface area (Å²) in [6, 6.07) is 9.50. The maximum atomic E-state index is 12.7. The fraction of sp³-hybridized carbons (Fsp3) is 0.611. The third kappa shape index (κ3) is 4.36. The van der Waals surface area contributed by atoms with E-state index in [0.717, 1.165) is 31.2 Å². The minimum Gasteiger partial charge on any atom is -0.353 e. The summed E-state index contributed by atoms with van der Waals surface area (Å²) in [6.45, 7) is 0.829. The molecule has 1 heterocycles. The molecule has 1 N–H and O–H groups in total. The molecule has 1 saturated heterocycles. The lowest BCUT2D eigenvalue weighted by Crippen LogP contribution is -2.47. The highest BCUT2D eigenvalue weighted by molar-refractivity contribution is 7.88. The van der Waals surface area contributed by atoms with Crippen molar-refractivity contribution < 1.29 is 13.2 Å². The topological polar surface area (TPSA) is 66.5 Å². The number of sulfonamides is 1. The molecule has 6 heteroatoms. The summed E-state index contributed by atoms with van der Waals surface area (Å²) in [5, 5.41) is 3.11. The van der Waals surface area contributed by atoms with Gasteiger partial charge in [-0.05, 0) is 31.2 Å². The fourth-order valence-corrected chi connectivity index (χ4v) is 5.29. The van der Waals surface area contributed by atoms with Gasteiger partial charge < -0.3 is 5.32 Å². The van der Waals surface area contributed by atoms with Crippen LogP contribution in [0.3, 0.4) is 0 Å². The maximum absolute atomic E-state index is 12.7. The molecule has 5 nitrogen and oxygen atoms in total. The van der Waals surface area contributed by atoms with E-state index in [1.165, 1.54) is 17.1 Å². The number of benzene rings is 1. The van der Waals surface area contributed by atoms with Gasteiger partial charge in [0, 0.05) is 19.1 Å². The van der Waals surface area contributed by atoms with Crippen molar-refractivity contribution in [2.45, 2.75) is 50.3 Å². The van der Waals surface area contributed by atoms with Crippen LogP contribution in [0.2, 0.25) is 0 Å². The number of rotatable bonds is 5. The first-order valence-corrected chi connectivity index (χ1v) is 10.5. The van der Waals surface area contributed by atoms with Gasteiger partial charge in [-0.1, -0.05) is 43.2 Å². The minimum absolute atomic E-state index is 0.00477. The molecule has 2 fully saturated rings. The molecule has 3 rings (SSSR count). The zero-order valence-corrected chi connectivity index (χ0v) is 14.8. The second-order valence-corrected chi connectivity index (χ2v) is 8.90. The first-order chi connectivity index (χ1) is 11.5. The van der Waals surface area contributed by atoms with Crippen LogP contribution in [0.4, 0.5) is 0 Å². The Balaban J connectivity index is 1.60. The number of carbonyl (C=O) groups excluding carboxylic acids is 1. The summed E-state index contributed by atoms with van der Waals surface area (Å²) in [4.78, 5) is 12.5. The van der Waals surface area contributed by atoms with Gasteiger partial charge in [0.2, 0.25) is 15.9 Å². The smallest absolute Gasteiger partial charge is 0.224 e. The molecular formula is C18H26N2O3S. The van der Waals surface area contributed by atoms with Crippen molar-refractivity contribution in [3.63, 3.8) is 0 Å². The molecule has 1 saturated carbocycles. The van der Waals surface area contributed by atoms with Crippen molar-refractivity contribution in [3.8, 4) is 0 Å². The number of piperidine rings is 1. The van der Waals surface area contributed by atoms with Crippen molar-refractivity contribution >= 4 is 15.9 Å². The molecule has 0 radical (unpaired) electrons. The summed E-state index contributed by atoms with van der Waals surface area (Å²) >= 11 is 0. The molecule has 0 spiro atoms. The van der Waals surface area contributed by atoms with Crippen LogP contribution in [-0.4, -0.2) is 37.8 Å². The van der Waals surface area contributed by atoms with E-state index in [1.807, 2.05) is 30.3 Å². The zero-order chi connectivity index (χ0) is 17.0. The minimum atomic E-state index is -3.38. The highest BCUT2D eigenvalue weighted by atomic mass is 32.2. The van der Waals surface area contributed by atoms with Crippen LogP contribution < -0.4 is 5.32 Å². The van der Waals surface area contributed by atoms with E-state index in [1.54, 1.807) is 0 Å². The van der Waals surface area contributed by atoms with E-state index in [9.17, 15) is 13.2 Å². The van der Waals surface area contributed by atoms with Gasteiger partial charge >= 0.3 is 0 Å². The predicted molar refractivity (Wildman–Crippen MR) is 93.8 cm³/mol. The van der Waals surface area contributed by atoms with Gasteiger partial charge in [-0.2, -0.15) is 0 Å². The molecule has 1 aliphatic carbocycles. The third-order valence-corrected chi connectivity index (χ3v) is 6.86. The lowest BCUT2D eigenvalue weighted by Gasteiger charge is -2.31. The first-order valence-electron chi connectivity index (χ1n) is 8.87. The van der Waals surface area contributed by atoms with Gasteiger partial charge in [0.25, 0.3) is 0 Å². The molecule has 0 bridgehead atoms. The molecule has 1 aromatic carbocycles. The molecule has 132 valence electrons. The zero-order valence-electron chi connectivity index (χ0n) is 14.0. The molecule has 1 atom stereocenters. The number of nitrogens with zero attached hydrogens (tertiary/aromatic N) is 1. The molecule has 1 aliphatic heterocycles. The predicted octanol–water partition coefficient (Wildman–Crippen LogP) is 2.29. The Labute approximate surface area is 144 Å². The van der Waals surface area contributed by atoms with Gasteiger partial charge in [-0.25, -0.2) is 12.7 Å². The molecule has 0 unspecified atom stereocenters. The van der Waals surface area contributed by atoms with Gasteiger partial charge in [0.1, 0.15) is 0 Å². The molecule has 24 heavy (non-hydrogen) atoms. The number of hydrogen-bond acceptors (Lipinski definition) is 3. The average Bonchev–Trinajstić information content (AvgIpc) is 3.08. The van der Waals surface area contributed by atoms with Crippen LogP contribution in [0.25, 0.3) is 0 Å². The van der Waals surface area contributed by atoms with Gasteiger partial charge in [0.15, 0.2) is 0 Å². The quantitative estimate of drug-likeness (QED) is 0.886. The van der Waals surface area contributed by atoms with Gasteiger partial charge in [-0.3, -0.25) is 4.79 Å². The Morgan fingerprint density at radius 2 is 1.79 bits per heavy atom. The van der Waals surface area contributed by atoms with Crippen molar-refractivity contribution in [3.05, 3.63) is 35.9 Å². The fourth-order valence-electron chi connectivity index (χ4n) is 3.67. The maximum Gasteiger partial charge on any atom is 0.224 e. The van der Waals surface area contributed by atoms with E-state index in [2.05, 4.69) is 5.32 Å². The van der Waals surface area contributed by atoms with E-state index in [0.29, 0.717) is 13.1 Å². The Morgan fingerprint density at radius 3 is 2.50 bits per heavy atom. The lowest BCUT2D eigenvalue weighted by molar-refractivity contribution is -0.126. The summed E-state index contributed by atoms with van der Waals surface area (Å²) in [5.74, 6) is -0.184. The summed E-state index contributed by atoms with van der Waals surface area (Å²) in [5.41, 5.74) is 0.787. The lowest BCUT2D eigenvalue weighted by atomic mass is 9.98. The van der Waals surface area contributed by atoms with Crippen LogP contribution in [0.1, 0.15) is 44.1 Å². The number of hydrogen-bond donors (Lipinski definition) is 1. The molecule has 1 amide bonds. The third-order valence-electron chi connectivity index (χ3n) is 5.04. The largest absolute Gasteiger partial charge is 0.353 e. The Bertz CT molecular complexity index is 654. The highest BCUT2D eigenvalue weighted by Crippen LogP contribution is 2.23. The van der Waals surface area contributed by atoms with Crippen LogP contribution in [0.5, 0.6) is 0 Å². The normalized spacial score (nSPS) is 23.2.